The van der Waals surface area contributed by atoms with E-state index in [1.807, 2.05) is 0 Å². The monoisotopic (exact) mass is 1420 g/mol. The van der Waals surface area contributed by atoms with E-state index in [2.05, 4.69) is 55.4 Å². The summed E-state index contributed by atoms with van der Waals surface area (Å²) in [6, 6.07) is 0. The number of unbranched alkanes of at least 4 members (excludes halogenated alkanes) is 40. The second-order valence-corrected chi connectivity index (χ2v) is 32.7. The van der Waals surface area contributed by atoms with Crippen molar-refractivity contribution in [3.8, 4) is 0 Å². The van der Waals surface area contributed by atoms with Crippen LogP contribution in [0.3, 0.4) is 0 Å². The molecule has 0 saturated carbocycles. The molecule has 0 spiro atoms. The molecule has 0 rings (SSSR count). The molecule has 0 aromatic heterocycles. The van der Waals surface area contributed by atoms with Crippen molar-refractivity contribution < 1.29 is 80.2 Å². The second-order valence-electron chi connectivity index (χ2n) is 29.8. The van der Waals surface area contributed by atoms with Crippen molar-refractivity contribution in [2.75, 3.05) is 39.6 Å². The molecule has 576 valence electrons. The van der Waals surface area contributed by atoms with E-state index < -0.39 is 97.5 Å². The minimum Gasteiger partial charge on any atom is -0.462 e. The fourth-order valence-corrected chi connectivity index (χ4v) is 13.5. The van der Waals surface area contributed by atoms with Gasteiger partial charge in [-0.3, -0.25) is 37.3 Å². The molecule has 3 unspecified atom stereocenters. The molecule has 0 saturated heterocycles. The van der Waals surface area contributed by atoms with Crippen LogP contribution in [0.5, 0.6) is 0 Å². The van der Waals surface area contributed by atoms with Crippen LogP contribution >= 0.6 is 15.6 Å². The highest BCUT2D eigenvalue weighted by Gasteiger charge is 2.30. The lowest BCUT2D eigenvalue weighted by molar-refractivity contribution is -0.161. The predicted octanol–water partition coefficient (Wildman–Crippen LogP) is 22.8. The topological polar surface area (TPSA) is 237 Å². The lowest BCUT2D eigenvalue weighted by Gasteiger charge is -2.21. The summed E-state index contributed by atoms with van der Waals surface area (Å²) >= 11 is 0. The first-order valence-electron chi connectivity index (χ1n) is 40.2. The van der Waals surface area contributed by atoms with Crippen LogP contribution in [0.25, 0.3) is 0 Å². The molecule has 0 aromatic rings. The minimum absolute atomic E-state index is 0.106. The number of aliphatic hydroxyl groups is 1. The number of hydrogen-bond donors (Lipinski definition) is 3. The van der Waals surface area contributed by atoms with Crippen LogP contribution < -0.4 is 0 Å². The molecule has 0 heterocycles. The van der Waals surface area contributed by atoms with E-state index in [-0.39, 0.29) is 25.7 Å². The first kappa shape index (κ1) is 95.1. The first-order valence-corrected chi connectivity index (χ1v) is 43.2. The summed E-state index contributed by atoms with van der Waals surface area (Å²) in [5.74, 6) is 0.951. The van der Waals surface area contributed by atoms with Gasteiger partial charge in [0.1, 0.15) is 19.3 Å². The molecule has 17 nitrogen and oxygen atoms in total. The van der Waals surface area contributed by atoms with Crippen LogP contribution in [0.2, 0.25) is 0 Å². The van der Waals surface area contributed by atoms with E-state index in [0.29, 0.717) is 25.7 Å². The summed E-state index contributed by atoms with van der Waals surface area (Å²) in [5, 5.41) is 10.6. The van der Waals surface area contributed by atoms with E-state index >= 15 is 0 Å². The Morgan fingerprint density at radius 2 is 0.495 bits per heavy atom. The number of aliphatic hydroxyl groups excluding tert-OH is 1. The predicted molar refractivity (Wildman–Crippen MR) is 395 cm³/mol. The molecule has 0 aliphatic rings. The zero-order chi connectivity index (χ0) is 71.7. The van der Waals surface area contributed by atoms with Crippen LogP contribution in [-0.4, -0.2) is 96.7 Å². The summed E-state index contributed by atoms with van der Waals surface area (Å²) in [5.41, 5.74) is 0. The minimum atomic E-state index is -4.96. The summed E-state index contributed by atoms with van der Waals surface area (Å²) in [6.45, 7) is 14.2. The van der Waals surface area contributed by atoms with E-state index in [1.54, 1.807) is 0 Å². The average Bonchev–Trinajstić information content (AvgIpc) is 1.75. The van der Waals surface area contributed by atoms with Gasteiger partial charge in [0.05, 0.1) is 26.4 Å². The van der Waals surface area contributed by atoms with Crippen molar-refractivity contribution >= 4 is 39.5 Å². The highest BCUT2D eigenvalue weighted by molar-refractivity contribution is 7.47. The van der Waals surface area contributed by atoms with Crippen molar-refractivity contribution in [1.82, 2.24) is 0 Å². The maximum atomic E-state index is 13.1. The van der Waals surface area contributed by atoms with Crippen LogP contribution in [0.1, 0.15) is 396 Å². The Morgan fingerprint density at radius 1 is 0.289 bits per heavy atom. The van der Waals surface area contributed by atoms with Gasteiger partial charge in [0.2, 0.25) is 0 Å². The first-order chi connectivity index (χ1) is 46.6. The number of esters is 4. The number of phosphoric acid groups is 2. The molecule has 0 aliphatic carbocycles. The molecule has 19 heteroatoms. The van der Waals surface area contributed by atoms with Gasteiger partial charge in [-0.05, 0) is 49.4 Å². The van der Waals surface area contributed by atoms with Gasteiger partial charge >= 0.3 is 39.5 Å². The third-order valence-corrected chi connectivity index (χ3v) is 20.3. The fraction of sp³-hybridized carbons (Fsp3) is 0.949. The molecule has 3 N–H and O–H groups in total. The normalized spacial score (nSPS) is 14.4. The number of rotatable bonds is 75. The molecule has 0 bridgehead atoms. The highest BCUT2D eigenvalue weighted by atomic mass is 31.2. The Morgan fingerprint density at radius 3 is 0.732 bits per heavy atom. The maximum absolute atomic E-state index is 13.1. The van der Waals surface area contributed by atoms with Crippen LogP contribution in [0.4, 0.5) is 0 Å². The summed E-state index contributed by atoms with van der Waals surface area (Å²) in [4.78, 5) is 72.9. The third kappa shape index (κ3) is 70.9. The van der Waals surface area contributed by atoms with Crippen molar-refractivity contribution in [2.24, 2.45) is 23.7 Å². The second kappa shape index (κ2) is 67.2. The molecule has 0 fully saturated rings. The number of carbonyl (C=O) groups excluding carboxylic acids is 4. The Bertz CT molecular complexity index is 1900. The summed E-state index contributed by atoms with van der Waals surface area (Å²) < 4.78 is 68.6. The van der Waals surface area contributed by atoms with Gasteiger partial charge in [-0.1, -0.05) is 344 Å². The standard InChI is InChI=1S/C78H152O17P2/c1-9-71(8)57-49-41-36-37-43-51-59-76(81)89-65-74(95-78(83)60-52-44-34-27-21-17-13-11-10-12-15-19-24-30-38-46-54-68(2)3)67-93-97(86,87)91-63-72(79)62-90-96(84,85)92-66-73(64-88-75(80)58-50-42-33-29-23-26-32-40-48-56-70(6)7)94-77(82)61-53-45-35-28-22-18-14-16-20-25-31-39-47-55-69(4)5/h68-74,79H,9-67H2,1-8H3,(H,84,85)(H,86,87)/t71?,72-,73-,74-/m1/s1. The Labute approximate surface area is 594 Å². The molecule has 97 heavy (non-hydrogen) atoms. The number of phosphoric ester groups is 2. The van der Waals surface area contributed by atoms with Gasteiger partial charge < -0.3 is 33.8 Å². The molecule has 0 aromatic carbocycles. The summed E-state index contributed by atoms with van der Waals surface area (Å²) in [7, 11) is -9.92. The van der Waals surface area contributed by atoms with E-state index in [0.717, 1.165) is 120 Å². The number of carbonyl (C=O) groups is 4. The lowest BCUT2D eigenvalue weighted by atomic mass is 10.00. The van der Waals surface area contributed by atoms with Gasteiger partial charge in [-0.2, -0.15) is 0 Å². The van der Waals surface area contributed by atoms with Crippen molar-refractivity contribution in [1.29, 1.82) is 0 Å². The van der Waals surface area contributed by atoms with Crippen molar-refractivity contribution in [3.05, 3.63) is 0 Å². The van der Waals surface area contributed by atoms with Crippen molar-refractivity contribution in [2.45, 2.75) is 414 Å². The van der Waals surface area contributed by atoms with Crippen molar-refractivity contribution in [3.63, 3.8) is 0 Å². The van der Waals surface area contributed by atoms with E-state index in [1.165, 1.54) is 193 Å². The van der Waals surface area contributed by atoms with Gasteiger partial charge in [0, 0.05) is 25.7 Å². The maximum Gasteiger partial charge on any atom is 0.472 e. The molecule has 0 radical (unpaired) electrons. The number of ether oxygens (including phenoxy) is 4. The molecule has 0 aliphatic heterocycles. The van der Waals surface area contributed by atoms with Crippen LogP contribution in [0.15, 0.2) is 0 Å². The largest absolute Gasteiger partial charge is 0.472 e. The van der Waals surface area contributed by atoms with Gasteiger partial charge in [0.15, 0.2) is 12.2 Å². The zero-order valence-corrected chi connectivity index (χ0v) is 65.5. The Hall–Kier alpha value is -1.94. The number of hydrogen-bond acceptors (Lipinski definition) is 15. The van der Waals surface area contributed by atoms with E-state index in [4.69, 9.17) is 37.0 Å². The van der Waals surface area contributed by atoms with Gasteiger partial charge in [0.25, 0.3) is 0 Å². The summed E-state index contributed by atoms with van der Waals surface area (Å²) in [6.07, 6.45) is 52.8. The van der Waals surface area contributed by atoms with Gasteiger partial charge in [-0.25, -0.2) is 9.13 Å². The molecule has 0 amide bonds. The quantitative estimate of drug-likeness (QED) is 0.0222. The Balaban J connectivity index is 5.23. The van der Waals surface area contributed by atoms with E-state index in [9.17, 15) is 43.2 Å². The SMILES string of the molecule is CCC(C)CCCCCCCCC(=O)OC[C@H](COP(=O)(O)OC[C@H](O)COP(=O)(O)OC[C@@H](COC(=O)CCCCCCCCCCCC(C)C)OC(=O)CCCCCCCCCCCCCCCC(C)C)OC(=O)CCCCCCCCCCCCCCCCCCC(C)C. The fourth-order valence-electron chi connectivity index (χ4n) is 11.9. The molecular formula is C78H152O17P2. The third-order valence-electron chi connectivity index (χ3n) is 18.4. The average molecular weight is 1420 g/mol. The van der Waals surface area contributed by atoms with Gasteiger partial charge in [-0.15, -0.1) is 0 Å². The smallest absolute Gasteiger partial charge is 0.462 e. The molecular weight excluding hydrogens is 1270 g/mol. The molecule has 6 atom stereocenters. The zero-order valence-electron chi connectivity index (χ0n) is 63.7. The van der Waals surface area contributed by atoms with Crippen LogP contribution in [-0.2, 0) is 65.4 Å². The lowest BCUT2D eigenvalue weighted by Crippen LogP contribution is -2.30. The Kier molecular flexibility index (Phi) is 65.9. The highest BCUT2D eigenvalue weighted by Crippen LogP contribution is 2.45. The van der Waals surface area contributed by atoms with Crippen LogP contribution in [0, 0.1) is 23.7 Å².